The molecule has 0 aliphatic rings. The maximum absolute atomic E-state index is 12.1. The van der Waals surface area contributed by atoms with Gasteiger partial charge < -0.3 is 10.2 Å². The molecule has 0 fully saturated rings. The first kappa shape index (κ1) is 20.0. The van der Waals surface area contributed by atoms with E-state index in [1.807, 2.05) is 36.2 Å². The van der Waals surface area contributed by atoms with Gasteiger partial charge in [-0.3, -0.25) is 4.99 Å². The molecule has 0 aliphatic heterocycles. The molecule has 7 heteroatoms. The summed E-state index contributed by atoms with van der Waals surface area (Å²) in [6.45, 7) is 6.19. The summed E-state index contributed by atoms with van der Waals surface area (Å²) in [5.74, 6) is 0.763. The van der Waals surface area contributed by atoms with E-state index in [-0.39, 0.29) is 5.75 Å². The lowest BCUT2D eigenvalue weighted by Gasteiger charge is -2.23. The SMILES string of the molecule is CN=C(NCCS(=O)(=O)C(C)(C)C)N(C)Cc1ccc(Br)cc1. The van der Waals surface area contributed by atoms with E-state index < -0.39 is 14.6 Å². The zero-order chi connectivity index (χ0) is 17.7. The smallest absolute Gasteiger partial charge is 0.193 e. The molecule has 0 radical (unpaired) electrons. The molecular formula is C16H26BrN3O2S. The van der Waals surface area contributed by atoms with Crippen molar-refractivity contribution in [2.24, 2.45) is 4.99 Å². The fourth-order valence-corrected chi connectivity index (χ4v) is 3.17. The molecule has 0 saturated heterocycles. The Balaban J connectivity index is 2.59. The van der Waals surface area contributed by atoms with Gasteiger partial charge in [-0.05, 0) is 38.5 Å². The van der Waals surface area contributed by atoms with Crippen molar-refractivity contribution in [3.8, 4) is 0 Å². The molecule has 0 amide bonds. The first-order chi connectivity index (χ1) is 10.6. The molecule has 23 heavy (non-hydrogen) atoms. The van der Waals surface area contributed by atoms with Gasteiger partial charge in [0.25, 0.3) is 0 Å². The number of aliphatic imine (C=N–C) groups is 1. The van der Waals surface area contributed by atoms with Gasteiger partial charge in [-0.25, -0.2) is 8.42 Å². The van der Waals surface area contributed by atoms with Crippen LogP contribution in [0.1, 0.15) is 26.3 Å². The molecule has 1 rings (SSSR count). The Bertz CT molecular complexity index is 634. The third kappa shape index (κ3) is 6.14. The number of benzene rings is 1. The Morgan fingerprint density at radius 3 is 2.30 bits per heavy atom. The van der Waals surface area contributed by atoms with E-state index in [1.165, 1.54) is 0 Å². The largest absolute Gasteiger partial charge is 0.355 e. The lowest BCUT2D eigenvalue weighted by atomic mass is 10.2. The first-order valence-corrected chi connectivity index (χ1v) is 9.90. The minimum Gasteiger partial charge on any atom is -0.355 e. The molecule has 0 saturated carbocycles. The predicted molar refractivity (Wildman–Crippen MR) is 101 cm³/mol. The van der Waals surface area contributed by atoms with E-state index in [1.54, 1.807) is 27.8 Å². The van der Waals surface area contributed by atoms with Crippen LogP contribution in [-0.2, 0) is 16.4 Å². The molecular weight excluding hydrogens is 378 g/mol. The van der Waals surface area contributed by atoms with Crippen molar-refractivity contribution in [2.45, 2.75) is 32.1 Å². The summed E-state index contributed by atoms with van der Waals surface area (Å²) in [6.07, 6.45) is 0. The predicted octanol–water partition coefficient (Wildman–Crippen LogP) is 2.67. The number of nitrogens with one attached hydrogen (secondary N) is 1. The molecule has 0 atom stereocenters. The zero-order valence-electron chi connectivity index (χ0n) is 14.4. The maximum Gasteiger partial charge on any atom is 0.193 e. The van der Waals surface area contributed by atoms with Crippen molar-refractivity contribution in [1.29, 1.82) is 0 Å². The molecule has 0 aromatic heterocycles. The van der Waals surface area contributed by atoms with Crippen LogP contribution >= 0.6 is 15.9 Å². The Kier molecular flexibility index (Phi) is 7.07. The number of halogens is 1. The fraction of sp³-hybridized carbons (Fsp3) is 0.562. The van der Waals surface area contributed by atoms with Crippen LogP contribution in [0.3, 0.4) is 0 Å². The highest BCUT2D eigenvalue weighted by Crippen LogP contribution is 2.15. The number of guanidine groups is 1. The molecule has 130 valence electrons. The van der Waals surface area contributed by atoms with Crippen LogP contribution in [0.15, 0.2) is 33.7 Å². The normalized spacial score (nSPS) is 13.0. The number of sulfone groups is 1. The molecule has 1 aromatic carbocycles. The van der Waals surface area contributed by atoms with Crippen LogP contribution < -0.4 is 5.32 Å². The minimum atomic E-state index is -3.13. The molecule has 0 unspecified atom stereocenters. The summed E-state index contributed by atoms with van der Waals surface area (Å²) in [7, 11) is 0.487. The average Bonchev–Trinajstić information content (AvgIpc) is 2.44. The Labute approximate surface area is 148 Å². The monoisotopic (exact) mass is 403 g/mol. The highest BCUT2D eigenvalue weighted by atomic mass is 79.9. The average molecular weight is 404 g/mol. The highest BCUT2D eigenvalue weighted by Gasteiger charge is 2.28. The van der Waals surface area contributed by atoms with E-state index in [2.05, 4.69) is 26.2 Å². The van der Waals surface area contributed by atoms with Crippen molar-refractivity contribution in [2.75, 3.05) is 26.4 Å². The molecule has 1 N–H and O–H groups in total. The summed E-state index contributed by atoms with van der Waals surface area (Å²) >= 11 is 3.42. The van der Waals surface area contributed by atoms with Gasteiger partial charge in [-0.2, -0.15) is 0 Å². The molecule has 5 nitrogen and oxygen atoms in total. The van der Waals surface area contributed by atoms with E-state index in [9.17, 15) is 8.42 Å². The van der Waals surface area contributed by atoms with Gasteiger partial charge in [0.1, 0.15) is 0 Å². The van der Waals surface area contributed by atoms with Crippen molar-refractivity contribution in [3.05, 3.63) is 34.3 Å². The van der Waals surface area contributed by atoms with Crippen molar-refractivity contribution in [3.63, 3.8) is 0 Å². The van der Waals surface area contributed by atoms with Crippen LogP contribution in [0.2, 0.25) is 0 Å². The Morgan fingerprint density at radius 1 is 1.26 bits per heavy atom. The van der Waals surface area contributed by atoms with Gasteiger partial charge in [-0.1, -0.05) is 28.1 Å². The van der Waals surface area contributed by atoms with Gasteiger partial charge in [0, 0.05) is 31.7 Å². The third-order valence-corrected chi connectivity index (χ3v) is 6.63. The summed E-state index contributed by atoms with van der Waals surface area (Å²) < 4.78 is 24.5. The summed E-state index contributed by atoms with van der Waals surface area (Å²) in [4.78, 5) is 6.18. The first-order valence-electron chi connectivity index (χ1n) is 7.45. The molecule has 0 spiro atoms. The van der Waals surface area contributed by atoms with Crippen LogP contribution in [0.4, 0.5) is 0 Å². The summed E-state index contributed by atoms with van der Waals surface area (Å²) in [5, 5.41) is 3.12. The molecule has 1 aromatic rings. The van der Waals surface area contributed by atoms with Crippen LogP contribution in [0, 0.1) is 0 Å². The van der Waals surface area contributed by atoms with Gasteiger partial charge >= 0.3 is 0 Å². The summed E-state index contributed by atoms with van der Waals surface area (Å²) in [5.41, 5.74) is 1.15. The van der Waals surface area contributed by atoms with Crippen molar-refractivity contribution < 1.29 is 8.42 Å². The van der Waals surface area contributed by atoms with Gasteiger partial charge in [0.2, 0.25) is 0 Å². The fourth-order valence-electron chi connectivity index (χ4n) is 1.93. The number of hydrogen-bond donors (Lipinski definition) is 1. The second-order valence-corrected chi connectivity index (χ2v) is 10.2. The Morgan fingerprint density at radius 2 is 1.83 bits per heavy atom. The van der Waals surface area contributed by atoms with Crippen LogP contribution in [0.25, 0.3) is 0 Å². The zero-order valence-corrected chi connectivity index (χ0v) is 16.8. The lowest BCUT2D eigenvalue weighted by Crippen LogP contribution is -2.42. The maximum atomic E-state index is 12.1. The molecule has 0 heterocycles. The van der Waals surface area contributed by atoms with Crippen LogP contribution in [0.5, 0.6) is 0 Å². The lowest BCUT2D eigenvalue weighted by molar-refractivity contribution is 0.478. The van der Waals surface area contributed by atoms with E-state index >= 15 is 0 Å². The topological polar surface area (TPSA) is 61.8 Å². The van der Waals surface area contributed by atoms with E-state index in [0.717, 1.165) is 10.0 Å². The van der Waals surface area contributed by atoms with Crippen molar-refractivity contribution >= 4 is 31.7 Å². The minimum absolute atomic E-state index is 0.0850. The quantitative estimate of drug-likeness (QED) is 0.606. The Hall–Kier alpha value is -1.08. The van der Waals surface area contributed by atoms with Gasteiger partial charge in [0.05, 0.1) is 10.5 Å². The van der Waals surface area contributed by atoms with Gasteiger partial charge in [0.15, 0.2) is 15.8 Å². The third-order valence-electron chi connectivity index (χ3n) is 3.49. The van der Waals surface area contributed by atoms with Gasteiger partial charge in [-0.15, -0.1) is 0 Å². The number of hydrogen-bond acceptors (Lipinski definition) is 3. The number of rotatable bonds is 5. The molecule has 0 bridgehead atoms. The van der Waals surface area contributed by atoms with Crippen molar-refractivity contribution in [1.82, 2.24) is 10.2 Å². The molecule has 0 aliphatic carbocycles. The second kappa shape index (κ2) is 8.15. The second-order valence-electron chi connectivity index (χ2n) is 6.39. The highest BCUT2D eigenvalue weighted by molar-refractivity contribution is 9.10. The number of nitrogens with zero attached hydrogens (tertiary/aromatic N) is 2. The van der Waals surface area contributed by atoms with E-state index in [0.29, 0.717) is 19.0 Å². The van der Waals surface area contributed by atoms with Crippen LogP contribution in [-0.4, -0.2) is 50.4 Å². The summed E-state index contributed by atoms with van der Waals surface area (Å²) in [6, 6.07) is 8.07. The standard InChI is InChI=1S/C16H26BrN3O2S/c1-16(2,3)23(21,22)11-10-19-15(18-4)20(5)12-13-6-8-14(17)9-7-13/h6-9H,10-12H2,1-5H3,(H,18,19). The van der Waals surface area contributed by atoms with E-state index in [4.69, 9.17) is 0 Å².